The maximum Gasteiger partial charge on any atom is 0.391 e. The number of hydrogen-bond donors (Lipinski definition) is 2. The molecule has 1 fully saturated rings. The number of amides is 1. The Morgan fingerprint density at radius 1 is 1.21 bits per heavy atom. The van der Waals surface area contributed by atoms with E-state index >= 15 is 0 Å². The van der Waals surface area contributed by atoms with E-state index in [0.29, 0.717) is 0 Å². The van der Waals surface area contributed by atoms with Crippen molar-refractivity contribution in [3.05, 3.63) is 29.8 Å². The van der Waals surface area contributed by atoms with Crippen molar-refractivity contribution in [3.8, 4) is 5.75 Å². The number of benzene rings is 1. The van der Waals surface area contributed by atoms with Crippen molar-refractivity contribution in [3.63, 3.8) is 0 Å². The standard InChI is InChI=1S/C16H18F3NO4/c17-16(18,19)11-4-6-12(7-5-11)20-15(23)10-2-1-3-13(8-10)24-9-14(21)22/h1-3,8,11-12H,4-7,9H2,(H,20,23)(H,21,22). The summed E-state index contributed by atoms with van der Waals surface area (Å²) in [5, 5.41) is 11.3. The zero-order valence-corrected chi connectivity index (χ0v) is 12.8. The van der Waals surface area contributed by atoms with Crippen LogP contribution >= 0.6 is 0 Å². The van der Waals surface area contributed by atoms with E-state index in [4.69, 9.17) is 9.84 Å². The van der Waals surface area contributed by atoms with Crippen LogP contribution in [0.15, 0.2) is 24.3 Å². The summed E-state index contributed by atoms with van der Waals surface area (Å²) in [5.74, 6) is -2.60. The molecule has 0 radical (unpaired) electrons. The number of carbonyl (C=O) groups excluding carboxylic acids is 1. The molecule has 5 nitrogen and oxygen atoms in total. The minimum absolute atomic E-state index is 0.0101. The third kappa shape index (κ3) is 5.14. The predicted octanol–water partition coefficient (Wildman–Crippen LogP) is 3.00. The molecule has 0 unspecified atom stereocenters. The Labute approximate surface area is 136 Å². The first kappa shape index (κ1) is 18.1. The Morgan fingerprint density at radius 2 is 1.88 bits per heavy atom. The molecule has 2 N–H and O–H groups in total. The lowest BCUT2D eigenvalue weighted by molar-refractivity contribution is -0.182. The summed E-state index contributed by atoms with van der Waals surface area (Å²) in [6.45, 7) is -0.521. The van der Waals surface area contributed by atoms with Crippen molar-refractivity contribution in [2.24, 2.45) is 5.92 Å². The van der Waals surface area contributed by atoms with Gasteiger partial charge in [0.1, 0.15) is 5.75 Å². The van der Waals surface area contributed by atoms with Gasteiger partial charge in [0.25, 0.3) is 5.91 Å². The lowest BCUT2D eigenvalue weighted by atomic mass is 9.85. The molecule has 2 rings (SSSR count). The number of carbonyl (C=O) groups is 2. The molecule has 1 aromatic carbocycles. The molecule has 0 aliphatic heterocycles. The van der Waals surface area contributed by atoms with Crippen LogP contribution in [0.3, 0.4) is 0 Å². The Morgan fingerprint density at radius 3 is 2.46 bits per heavy atom. The number of hydrogen-bond acceptors (Lipinski definition) is 3. The van der Waals surface area contributed by atoms with Crippen LogP contribution in [0.4, 0.5) is 13.2 Å². The lowest BCUT2D eigenvalue weighted by Crippen LogP contribution is -2.40. The molecule has 8 heteroatoms. The van der Waals surface area contributed by atoms with Gasteiger partial charge in [0.15, 0.2) is 6.61 Å². The first-order chi connectivity index (χ1) is 11.3. The van der Waals surface area contributed by atoms with Gasteiger partial charge in [-0.3, -0.25) is 4.79 Å². The smallest absolute Gasteiger partial charge is 0.391 e. The van der Waals surface area contributed by atoms with Gasteiger partial charge in [-0.05, 0) is 43.9 Å². The highest BCUT2D eigenvalue weighted by atomic mass is 19.4. The second kappa shape index (κ2) is 7.55. The minimum atomic E-state index is -4.18. The van der Waals surface area contributed by atoms with Crippen molar-refractivity contribution in [1.82, 2.24) is 5.32 Å². The molecule has 1 amide bonds. The molecule has 1 aliphatic rings. The number of halogens is 3. The van der Waals surface area contributed by atoms with Gasteiger partial charge in [-0.15, -0.1) is 0 Å². The van der Waals surface area contributed by atoms with E-state index in [1.807, 2.05) is 0 Å². The van der Waals surface area contributed by atoms with E-state index < -0.39 is 30.6 Å². The first-order valence-electron chi connectivity index (χ1n) is 7.58. The van der Waals surface area contributed by atoms with E-state index in [1.165, 1.54) is 18.2 Å². The second-order valence-corrected chi connectivity index (χ2v) is 5.77. The molecule has 0 heterocycles. The summed E-state index contributed by atoms with van der Waals surface area (Å²) in [7, 11) is 0. The van der Waals surface area contributed by atoms with E-state index in [2.05, 4.69) is 5.32 Å². The van der Waals surface area contributed by atoms with Crippen LogP contribution in [0.5, 0.6) is 5.75 Å². The molecular formula is C16H18F3NO4. The molecule has 1 aliphatic carbocycles. The van der Waals surface area contributed by atoms with Crippen LogP contribution in [0, 0.1) is 5.92 Å². The Bertz CT molecular complexity index is 595. The fourth-order valence-electron chi connectivity index (χ4n) is 2.71. The third-order valence-electron chi connectivity index (χ3n) is 3.98. The van der Waals surface area contributed by atoms with Gasteiger partial charge < -0.3 is 15.2 Å². The monoisotopic (exact) mass is 345 g/mol. The molecule has 0 bridgehead atoms. The average Bonchev–Trinajstić information content (AvgIpc) is 2.53. The summed E-state index contributed by atoms with van der Waals surface area (Å²) < 4.78 is 42.9. The maximum atomic E-state index is 12.6. The minimum Gasteiger partial charge on any atom is -0.482 e. The first-order valence-corrected chi connectivity index (χ1v) is 7.58. The van der Waals surface area contributed by atoms with E-state index in [-0.39, 0.29) is 43.0 Å². The number of ether oxygens (including phenoxy) is 1. The van der Waals surface area contributed by atoms with Gasteiger partial charge in [-0.2, -0.15) is 13.2 Å². The predicted molar refractivity (Wildman–Crippen MR) is 78.8 cm³/mol. The molecule has 132 valence electrons. The van der Waals surface area contributed by atoms with Crippen LogP contribution in [0.1, 0.15) is 36.0 Å². The number of rotatable bonds is 5. The molecule has 0 aromatic heterocycles. The maximum absolute atomic E-state index is 12.6. The molecule has 24 heavy (non-hydrogen) atoms. The summed E-state index contributed by atoms with van der Waals surface area (Å²) >= 11 is 0. The highest BCUT2D eigenvalue weighted by Crippen LogP contribution is 2.37. The Kier molecular flexibility index (Phi) is 5.69. The highest BCUT2D eigenvalue weighted by Gasteiger charge is 2.41. The van der Waals surface area contributed by atoms with Crippen molar-refractivity contribution in [2.75, 3.05) is 6.61 Å². The number of aliphatic carboxylic acids is 1. The zero-order valence-electron chi connectivity index (χ0n) is 12.8. The molecule has 0 saturated heterocycles. The van der Waals surface area contributed by atoms with Gasteiger partial charge in [-0.1, -0.05) is 6.07 Å². The quantitative estimate of drug-likeness (QED) is 0.860. The summed E-state index contributed by atoms with van der Waals surface area (Å²) in [4.78, 5) is 22.6. The molecule has 0 spiro atoms. The average molecular weight is 345 g/mol. The fraction of sp³-hybridized carbons (Fsp3) is 0.500. The number of carboxylic acid groups (broad SMARTS) is 1. The molecule has 1 aromatic rings. The third-order valence-corrected chi connectivity index (χ3v) is 3.98. The zero-order chi connectivity index (χ0) is 17.7. The van der Waals surface area contributed by atoms with Crippen molar-refractivity contribution >= 4 is 11.9 Å². The van der Waals surface area contributed by atoms with E-state index in [9.17, 15) is 22.8 Å². The van der Waals surface area contributed by atoms with Crippen LogP contribution in [0.2, 0.25) is 0 Å². The van der Waals surface area contributed by atoms with Gasteiger partial charge in [0.2, 0.25) is 0 Å². The van der Waals surface area contributed by atoms with Crippen molar-refractivity contribution < 1.29 is 32.6 Å². The topological polar surface area (TPSA) is 75.6 Å². The molecular weight excluding hydrogens is 327 g/mol. The van der Waals surface area contributed by atoms with E-state index in [0.717, 1.165) is 0 Å². The van der Waals surface area contributed by atoms with Gasteiger partial charge in [-0.25, -0.2) is 4.79 Å². The SMILES string of the molecule is O=C(O)COc1cccc(C(=O)NC2CCC(C(F)(F)F)CC2)c1. The lowest BCUT2D eigenvalue weighted by Gasteiger charge is -2.30. The van der Waals surface area contributed by atoms with Crippen LogP contribution in [-0.4, -0.2) is 35.8 Å². The highest BCUT2D eigenvalue weighted by molar-refractivity contribution is 5.94. The van der Waals surface area contributed by atoms with Crippen LogP contribution < -0.4 is 10.1 Å². The second-order valence-electron chi connectivity index (χ2n) is 5.77. The van der Waals surface area contributed by atoms with Gasteiger partial charge in [0.05, 0.1) is 5.92 Å². The van der Waals surface area contributed by atoms with E-state index in [1.54, 1.807) is 6.07 Å². The van der Waals surface area contributed by atoms with Gasteiger partial charge in [0, 0.05) is 11.6 Å². The van der Waals surface area contributed by atoms with Crippen molar-refractivity contribution in [1.29, 1.82) is 0 Å². The normalized spacial score (nSPS) is 21.1. The number of alkyl halides is 3. The summed E-state index contributed by atoms with van der Waals surface area (Å²) in [6, 6.07) is 5.71. The van der Waals surface area contributed by atoms with Gasteiger partial charge >= 0.3 is 12.1 Å². The number of nitrogens with one attached hydrogen (secondary N) is 1. The Balaban J connectivity index is 1.89. The molecule has 1 saturated carbocycles. The largest absolute Gasteiger partial charge is 0.482 e. The fourth-order valence-corrected chi connectivity index (χ4v) is 2.71. The molecule has 0 atom stereocenters. The van der Waals surface area contributed by atoms with Crippen LogP contribution in [-0.2, 0) is 4.79 Å². The Hall–Kier alpha value is -2.25. The summed E-state index contributed by atoms with van der Waals surface area (Å²) in [6.07, 6.45) is -3.59. The summed E-state index contributed by atoms with van der Waals surface area (Å²) in [5.41, 5.74) is 0.274. The number of carboxylic acids is 1. The van der Waals surface area contributed by atoms with Crippen LogP contribution in [0.25, 0.3) is 0 Å². The van der Waals surface area contributed by atoms with Crippen molar-refractivity contribution in [2.45, 2.75) is 37.9 Å².